The molecule has 2 rings (SSSR count). The monoisotopic (exact) mass is 296 g/mol. The summed E-state index contributed by atoms with van der Waals surface area (Å²) in [4.78, 5) is 14.0. The molecule has 5 heteroatoms. The van der Waals surface area contributed by atoms with Gasteiger partial charge in [-0.1, -0.05) is 11.6 Å². The predicted molar refractivity (Wildman–Crippen MR) is 80.1 cm³/mol. The molecular formula is C15H21ClN2O2. The Bertz CT molecular complexity index is 459. The van der Waals surface area contributed by atoms with Crippen LogP contribution in [0.15, 0.2) is 18.2 Å². The molecule has 1 aliphatic heterocycles. The van der Waals surface area contributed by atoms with Gasteiger partial charge in [0.05, 0.1) is 0 Å². The van der Waals surface area contributed by atoms with Crippen molar-refractivity contribution < 1.29 is 9.53 Å². The van der Waals surface area contributed by atoms with Crippen LogP contribution < -0.4 is 10.1 Å². The summed E-state index contributed by atoms with van der Waals surface area (Å²) < 4.78 is 5.67. The Morgan fingerprint density at radius 2 is 2.10 bits per heavy atom. The Morgan fingerprint density at radius 3 is 2.80 bits per heavy atom. The number of hydrogen-bond donors (Lipinski definition) is 1. The number of halogens is 1. The van der Waals surface area contributed by atoms with Crippen molar-refractivity contribution in [1.29, 1.82) is 0 Å². The van der Waals surface area contributed by atoms with Crippen molar-refractivity contribution in [2.45, 2.75) is 25.8 Å². The lowest BCUT2D eigenvalue weighted by molar-refractivity contribution is -0.134. The molecule has 0 atom stereocenters. The van der Waals surface area contributed by atoms with E-state index < -0.39 is 0 Å². The van der Waals surface area contributed by atoms with Gasteiger partial charge in [-0.3, -0.25) is 4.79 Å². The van der Waals surface area contributed by atoms with Gasteiger partial charge >= 0.3 is 0 Å². The van der Waals surface area contributed by atoms with Gasteiger partial charge in [0.1, 0.15) is 5.75 Å². The lowest BCUT2D eigenvalue weighted by Gasteiger charge is -2.26. The molecule has 0 unspecified atom stereocenters. The lowest BCUT2D eigenvalue weighted by Crippen LogP contribution is -2.38. The molecule has 0 spiro atoms. The summed E-state index contributed by atoms with van der Waals surface area (Å²) in [5.41, 5.74) is 0.964. The molecule has 0 bridgehead atoms. The van der Waals surface area contributed by atoms with Crippen molar-refractivity contribution in [2.24, 2.45) is 0 Å². The third kappa shape index (κ3) is 4.12. The van der Waals surface area contributed by atoms with Gasteiger partial charge in [0, 0.05) is 30.2 Å². The number of likely N-dealkylation sites (tertiary alicyclic amines) is 1. The van der Waals surface area contributed by atoms with Gasteiger partial charge in [0.2, 0.25) is 0 Å². The topological polar surface area (TPSA) is 41.6 Å². The molecule has 0 aliphatic carbocycles. The Kier molecular flexibility index (Phi) is 5.68. The standard InChI is InChI=1S/C15H21ClN2O2/c1-17-10-12-9-13(16)5-6-14(12)20-11-15(19)18-7-3-2-4-8-18/h5-6,9,17H,2-4,7-8,10-11H2,1H3. The van der Waals surface area contributed by atoms with Crippen molar-refractivity contribution >= 4 is 17.5 Å². The number of carbonyl (C=O) groups excluding carboxylic acids is 1. The van der Waals surface area contributed by atoms with Crippen LogP contribution in [-0.4, -0.2) is 37.6 Å². The number of piperidine rings is 1. The molecule has 0 saturated carbocycles. The predicted octanol–water partition coefficient (Wildman–Crippen LogP) is 2.45. The van der Waals surface area contributed by atoms with E-state index in [4.69, 9.17) is 16.3 Å². The van der Waals surface area contributed by atoms with E-state index in [2.05, 4.69) is 5.32 Å². The van der Waals surface area contributed by atoms with Crippen LogP contribution in [0.4, 0.5) is 0 Å². The smallest absolute Gasteiger partial charge is 0.260 e. The Hall–Kier alpha value is -1.26. The van der Waals surface area contributed by atoms with Gasteiger partial charge in [0.25, 0.3) is 5.91 Å². The SMILES string of the molecule is CNCc1cc(Cl)ccc1OCC(=O)N1CCCCC1. The molecule has 1 heterocycles. The van der Waals surface area contributed by atoms with E-state index in [1.54, 1.807) is 6.07 Å². The molecule has 0 aromatic heterocycles. The fourth-order valence-electron chi connectivity index (χ4n) is 2.39. The number of nitrogens with zero attached hydrogens (tertiary/aromatic N) is 1. The Labute approximate surface area is 125 Å². The molecule has 1 aromatic carbocycles. The van der Waals surface area contributed by atoms with E-state index in [0.717, 1.165) is 31.5 Å². The summed E-state index contributed by atoms with van der Waals surface area (Å²) in [6, 6.07) is 5.46. The first-order chi connectivity index (χ1) is 9.70. The number of ether oxygens (including phenoxy) is 1. The summed E-state index contributed by atoms with van der Waals surface area (Å²) >= 11 is 5.98. The zero-order chi connectivity index (χ0) is 14.4. The normalized spacial score (nSPS) is 15.2. The van der Waals surface area contributed by atoms with Gasteiger partial charge in [-0.25, -0.2) is 0 Å². The number of amides is 1. The molecule has 4 nitrogen and oxygen atoms in total. The highest BCUT2D eigenvalue weighted by Crippen LogP contribution is 2.23. The first-order valence-corrected chi connectivity index (χ1v) is 7.42. The fourth-order valence-corrected chi connectivity index (χ4v) is 2.59. The zero-order valence-corrected chi connectivity index (χ0v) is 12.6. The van der Waals surface area contributed by atoms with Gasteiger partial charge in [-0.15, -0.1) is 0 Å². The van der Waals surface area contributed by atoms with Crippen molar-refractivity contribution in [3.63, 3.8) is 0 Å². The molecule has 1 amide bonds. The zero-order valence-electron chi connectivity index (χ0n) is 11.8. The van der Waals surface area contributed by atoms with Crippen LogP contribution in [0.1, 0.15) is 24.8 Å². The largest absolute Gasteiger partial charge is 0.483 e. The van der Waals surface area contributed by atoms with E-state index in [-0.39, 0.29) is 12.5 Å². The van der Waals surface area contributed by atoms with E-state index in [1.165, 1.54) is 6.42 Å². The maximum atomic E-state index is 12.1. The lowest BCUT2D eigenvalue weighted by atomic mass is 10.1. The second-order valence-corrected chi connectivity index (χ2v) is 5.45. The highest BCUT2D eigenvalue weighted by atomic mass is 35.5. The quantitative estimate of drug-likeness (QED) is 0.907. The molecule has 1 aliphatic rings. The fraction of sp³-hybridized carbons (Fsp3) is 0.533. The number of carbonyl (C=O) groups is 1. The Balaban J connectivity index is 1.94. The first kappa shape index (κ1) is 15.1. The third-order valence-electron chi connectivity index (χ3n) is 3.45. The van der Waals surface area contributed by atoms with Crippen LogP contribution in [0.2, 0.25) is 5.02 Å². The van der Waals surface area contributed by atoms with Crippen LogP contribution in [0, 0.1) is 0 Å². The van der Waals surface area contributed by atoms with Crippen LogP contribution in [0.25, 0.3) is 0 Å². The van der Waals surface area contributed by atoms with Gasteiger partial charge in [0.15, 0.2) is 6.61 Å². The van der Waals surface area contributed by atoms with E-state index in [0.29, 0.717) is 17.3 Å². The third-order valence-corrected chi connectivity index (χ3v) is 3.68. The number of nitrogens with one attached hydrogen (secondary N) is 1. The van der Waals surface area contributed by atoms with Crippen LogP contribution in [0.3, 0.4) is 0 Å². The van der Waals surface area contributed by atoms with E-state index >= 15 is 0 Å². The maximum Gasteiger partial charge on any atom is 0.260 e. The number of benzene rings is 1. The molecule has 1 aromatic rings. The van der Waals surface area contributed by atoms with E-state index in [9.17, 15) is 4.79 Å². The van der Waals surface area contributed by atoms with Gasteiger partial charge in [-0.2, -0.15) is 0 Å². The molecular weight excluding hydrogens is 276 g/mol. The summed E-state index contributed by atoms with van der Waals surface area (Å²) in [6.45, 7) is 2.46. The second-order valence-electron chi connectivity index (χ2n) is 5.01. The molecule has 1 N–H and O–H groups in total. The van der Waals surface area contributed by atoms with Crippen LogP contribution >= 0.6 is 11.6 Å². The molecule has 0 radical (unpaired) electrons. The van der Waals surface area contributed by atoms with Crippen molar-refractivity contribution in [1.82, 2.24) is 10.2 Å². The maximum absolute atomic E-state index is 12.1. The summed E-state index contributed by atoms with van der Waals surface area (Å²) in [5, 5.41) is 3.74. The molecule has 20 heavy (non-hydrogen) atoms. The van der Waals surface area contributed by atoms with Crippen molar-refractivity contribution in [3.05, 3.63) is 28.8 Å². The molecule has 1 saturated heterocycles. The van der Waals surface area contributed by atoms with Gasteiger partial charge < -0.3 is 15.0 Å². The molecule has 1 fully saturated rings. The number of rotatable bonds is 5. The summed E-state index contributed by atoms with van der Waals surface area (Å²) in [5.74, 6) is 0.782. The first-order valence-electron chi connectivity index (χ1n) is 7.04. The van der Waals surface area contributed by atoms with Crippen LogP contribution in [0.5, 0.6) is 5.75 Å². The molecule has 110 valence electrons. The minimum absolute atomic E-state index is 0.0649. The van der Waals surface area contributed by atoms with E-state index in [1.807, 2.05) is 24.1 Å². The van der Waals surface area contributed by atoms with Crippen molar-refractivity contribution in [3.8, 4) is 5.75 Å². The van der Waals surface area contributed by atoms with Crippen LogP contribution in [-0.2, 0) is 11.3 Å². The minimum atomic E-state index is 0.0649. The Morgan fingerprint density at radius 1 is 1.35 bits per heavy atom. The minimum Gasteiger partial charge on any atom is -0.483 e. The van der Waals surface area contributed by atoms with Gasteiger partial charge in [-0.05, 0) is 44.5 Å². The summed E-state index contributed by atoms with van der Waals surface area (Å²) in [6.07, 6.45) is 3.41. The van der Waals surface area contributed by atoms with Crippen molar-refractivity contribution in [2.75, 3.05) is 26.7 Å². The second kappa shape index (κ2) is 7.50. The average Bonchev–Trinajstić information content (AvgIpc) is 2.47. The summed E-state index contributed by atoms with van der Waals surface area (Å²) in [7, 11) is 1.86. The highest BCUT2D eigenvalue weighted by Gasteiger charge is 2.17. The number of hydrogen-bond acceptors (Lipinski definition) is 3. The average molecular weight is 297 g/mol. The highest BCUT2D eigenvalue weighted by molar-refractivity contribution is 6.30.